The van der Waals surface area contributed by atoms with Crippen LogP contribution in [0.15, 0.2) is 0 Å². The van der Waals surface area contributed by atoms with Gasteiger partial charge in [0.1, 0.15) is 0 Å². The summed E-state index contributed by atoms with van der Waals surface area (Å²) in [6, 6.07) is 0.0803. The second-order valence-electron chi connectivity index (χ2n) is 6.15. The monoisotopic (exact) mass is 299 g/mol. The average Bonchev–Trinajstić information content (AvgIpc) is 2.83. The van der Waals surface area contributed by atoms with Gasteiger partial charge in [0.15, 0.2) is 0 Å². The zero-order valence-corrected chi connectivity index (χ0v) is 13.6. The first-order valence-corrected chi connectivity index (χ1v) is 7.81. The molecule has 0 saturated carbocycles. The van der Waals surface area contributed by atoms with Gasteiger partial charge in [0, 0.05) is 19.1 Å². The lowest BCUT2D eigenvalue weighted by atomic mass is 10.0. The van der Waals surface area contributed by atoms with Crippen molar-refractivity contribution in [3.05, 3.63) is 0 Å². The lowest BCUT2D eigenvalue weighted by Gasteiger charge is -2.24. The van der Waals surface area contributed by atoms with Crippen LogP contribution in [0.1, 0.15) is 34.1 Å². The number of aliphatic hydroxyl groups is 1. The second-order valence-corrected chi connectivity index (χ2v) is 6.15. The summed E-state index contributed by atoms with van der Waals surface area (Å²) in [4.78, 5) is 27.7. The summed E-state index contributed by atoms with van der Waals surface area (Å²) < 4.78 is 0. The second kappa shape index (κ2) is 8.34. The van der Waals surface area contributed by atoms with Crippen LogP contribution < -0.4 is 5.32 Å². The van der Waals surface area contributed by atoms with Crippen molar-refractivity contribution in [2.24, 2.45) is 5.92 Å². The Morgan fingerprint density at radius 2 is 2.05 bits per heavy atom. The molecule has 6 nitrogen and oxygen atoms in total. The average molecular weight is 299 g/mol. The minimum Gasteiger partial charge on any atom is -0.393 e. The predicted octanol–water partition coefficient (Wildman–Crippen LogP) is 0.0622. The van der Waals surface area contributed by atoms with E-state index in [-0.39, 0.29) is 36.4 Å². The lowest BCUT2D eigenvalue weighted by molar-refractivity contribution is -0.136. The molecule has 0 aromatic heterocycles. The molecule has 21 heavy (non-hydrogen) atoms. The van der Waals surface area contributed by atoms with Gasteiger partial charge in [0.2, 0.25) is 11.8 Å². The number of nitrogens with one attached hydrogen (secondary N) is 1. The minimum absolute atomic E-state index is 0.0253. The fourth-order valence-electron chi connectivity index (χ4n) is 2.61. The Bertz CT molecular complexity index is 358. The Morgan fingerprint density at radius 1 is 1.38 bits per heavy atom. The summed E-state index contributed by atoms with van der Waals surface area (Å²) in [7, 11) is 0. The van der Waals surface area contributed by atoms with E-state index in [2.05, 4.69) is 10.2 Å². The van der Waals surface area contributed by atoms with Gasteiger partial charge in [-0.1, -0.05) is 0 Å². The van der Waals surface area contributed by atoms with Gasteiger partial charge in [-0.05, 0) is 46.6 Å². The topological polar surface area (TPSA) is 72.9 Å². The van der Waals surface area contributed by atoms with Gasteiger partial charge in [-0.25, -0.2) is 0 Å². The number of aliphatic hydroxyl groups excluding tert-OH is 1. The summed E-state index contributed by atoms with van der Waals surface area (Å²) >= 11 is 0. The fourth-order valence-corrected chi connectivity index (χ4v) is 2.61. The molecule has 0 aliphatic carbocycles. The standard InChI is InChI=1S/C15H29N3O3/c1-5-18(9-14(20)16-11(2)3)15(21)10-17-7-6-13(8-17)12(4)19/h11-13,19H,5-10H2,1-4H3,(H,16,20). The summed E-state index contributed by atoms with van der Waals surface area (Å²) in [6.07, 6.45) is 0.592. The Labute approximate surface area is 127 Å². The van der Waals surface area contributed by atoms with Crippen molar-refractivity contribution >= 4 is 11.8 Å². The van der Waals surface area contributed by atoms with Crippen molar-refractivity contribution in [1.82, 2.24) is 15.1 Å². The van der Waals surface area contributed by atoms with E-state index in [0.29, 0.717) is 13.1 Å². The van der Waals surface area contributed by atoms with E-state index in [1.165, 1.54) is 0 Å². The van der Waals surface area contributed by atoms with E-state index in [0.717, 1.165) is 19.5 Å². The van der Waals surface area contributed by atoms with Crippen LogP contribution in [0.3, 0.4) is 0 Å². The number of carbonyl (C=O) groups is 2. The summed E-state index contributed by atoms with van der Waals surface area (Å²) in [5, 5.41) is 12.4. The normalized spacial score (nSPS) is 20.6. The fraction of sp³-hybridized carbons (Fsp3) is 0.867. The number of likely N-dealkylation sites (tertiary alicyclic amines) is 1. The van der Waals surface area contributed by atoms with Gasteiger partial charge in [0.25, 0.3) is 0 Å². The number of nitrogens with zero attached hydrogens (tertiary/aromatic N) is 2. The first-order chi connectivity index (χ1) is 9.83. The molecule has 1 aliphatic heterocycles. The lowest BCUT2D eigenvalue weighted by Crippen LogP contribution is -2.46. The molecule has 2 unspecified atom stereocenters. The van der Waals surface area contributed by atoms with Crippen molar-refractivity contribution in [2.45, 2.75) is 46.3 Å². The van der Waals surface area contributed by atoms with Crippen LogP contribution in [-0.4, -0.2) is 71.6 Å². The Hall–Kier alpha value is -1.14. The number of carbonyl (C=O) groups excluding carboxylic acids is 2. The largest absolute Gasteiger partial charge is 0.393 e. The molecule has 2 atom stereocenters. The van der Waals surface area contributed by atoms with E-state index < -0.39 is 0 Å². The predicted molar refractivity (Wildman–Crippen MR) is 81.8 cm³/mol. The van der Waals surface area contributed by atoms with Gasteiger partial charge in [0.05, 0.1) is 19.2 Å². The van der Waals surface area contributed by atoms with E-state index in [4.69, 9.17) is 0 Å². The SMILES string of the molecule is CCN(CC(=O)NC(C)C)C(=O)CN1CCC(C(C)O)C1. The highest BCUT2D eigenvalue weighted by Crippen LogP contribution is 2.19. The number of hydrogen-bond donors (Lipinski definition) is 2. The van der Waals surface area contributed by atoms with Gasteiger partial charge < -0.3 is 15.3 Å². The van der Waals surface area contributed by atoms with E-state index in [1.54, 1.807) is 11.8 Å². The summed E-state index contributed by atoms with van der Waals surface area (Å²) in [5.41, 5.74) is 0. The van der Waals surface area contributed by atoms with Crippen LogP contribution in [0.5, 0.6) is 0 Å². The molecule has 0 bridgehead atoms. The zero-order chi connectivity index (χ0) is 16.0. The first-order valence-electron chi connectivity index (χ1n) is 7.81. The smallest absolute Gasteiger partial charge is 0.239 e. The molecule has 6 heteroatoms. The van der Waals surface area contributed by atoms with Crippen molar-refractivity contribution in [1.29, 1.82) is 0 Å². The molecule has 0 radical (unpaired) electrons. The third-order valence-corrected chi connectivity index (χ3v) is 3.87. The molecule has 1 rings (SSSR count). The van der Waals surface area contributed by atoms with Crippen LogP contribution in [0, 0.1) is 5.92 Å². The van der Waals surface area contributed by atoms with Crippen molar-refractivity contribution < 1.29 is 14.7 Å². The van der Waals surface area contributed by atoms with E-state index in [1.807, 2.05) is 20.8 Å². The van der Waals surface area contributed by atoms with Gasteiger partial charge in [-0.2, -0.15) is 0 Å². The maximum Gasteiger partial charge on any atom is 0.239 e. The molecule has 122 valence electrons. The molecule has 2 amide bonds. The van der Waals surface area contributed by atoms with Crippen molar-refractivity contribution in [3.8, 4) is 0 Å². The molecule has 1 aliphatic rings. The highest BCUT2D eigenvalue weighted by molar-refractivity contribution is 5.85. The molecular weight excluding hydrogens is 270 g/mol. The molecule has 1 heterocycles. The maximum absolute atomic E-state index is 12.3. The molecule has 2 N–H and O–H groups in total. The molecular formula is C15H29N3O3. The molecule has 0 aromatic rings. The van der Waals surface area contributed by atoms with Crippen LogP contribution in [-0.2, 0) is 9.59 Å². The van der Waals surface area contributed by atoms with Crippen LogP contribution in [0.2, 0.25) is 0 Å². The third kappa shape index (κ3) is 6.01. The Morgan fingerprint density at radius 3 is 2.52 bits per heavy atom. The van der Waals surface area contributed by atoms with E-state index in [9.17, 15) is 14.7 Å². The van der Waals surface area contributed by atoms with Crippen molar-refractivity contribution in [2.75, 3.05) is 32.7 Å². The van der Waals surface area contributed by atoms with Gasteiger partial charge in [-0.15, -0.1) is 0 Å². The number of likely N-dealkylation sites (N-methyl/N-ethyl adjacent to an activating group) is 1. The molecule has 1 saturated heterocycles. The molecule has 1 fully saturated rings. The highest BCUT2D eigenvalue weighted by atomic mass is 16.3. The van der Waals surface area contributed by atoms with Gasteiger partial charge in [-0.3, -0.25) is 14.5 Å². The quantitative estimate of drug-likeness (QED) is 0.697. The maximum atomic E-state index is 12.3. The van der Waals surface area contributed by atoms with Crippen LogP contribution >= 0.6 is 0 Å². The number of rotatable bonds is 7. The molecule has 0 spiro atoms. The highest BCUT2D eigenvalue weighted by Gasteiger charge is 2.28. The zero-order valence-electron chi connectivity index (χ0n) is 13.6. The number of hydrogen-bond acceptors (Lipinski definition) is 4. The van der Waals surface area contributed by atoms with Crippen molar-refractivity contribution in [3.63, 3.8) is 0 Å². The van der Waals surface area contributed by atoms with Crippen LogP contribution in [0.25, 0.3) is 0 Å². The minimum atomic E-state index is -0.329. The van der Waals surface area contributed by atoms with Gasteiger partial charge >= 0.3 is 0 Å². The third-order valence-electron chi connectivity index (χ3n) is 3.87. The Kier molecular flexibility index (Phi) is 7.11. The number of amides is 2. The summed E-state index contributed by atoms with van der Waals surface area (Å²) in [5.74, 6) is 0.100. The van der Waals surface area contributed by atoms with Crippen LogP contribution in [0.4, 0.5) is 0 Å². The molecule has 0 aromatic carbocycles. The first kappa shape index (κ1) is 17.9. The van der Waals surface area contributed by atoms with E-state index >= 15 is 0 Å². The summed E-state index contributed by atoms with van der Waals surface area (Å²) in [6.45, 7) is 10.0. The Balaban J connectivity index is 2.43.